The normalized spacial score (nSPS) is 10.5. The predicted molar refractivity (Wildman–Crippen MR) is 76.3 cm³/mol. The van der Waals surface area contributed by atoms with Gasteiger partial charge in [0.15, 0.2) is 17.5 Å². The highest BCUT2D eigenvalue weighted by Crippen LogP contribution is 2.16. The van der Waals surface area contributed by atoms with Crippen molar-refractivity contribution in [3.05, 3.63) is 69.4 Å². The van der Waals surface area contributed by atoms with Gasteiger partial charge in [-0.05, 0) is 29.8 Å². The molecule has 0 fully saturated rings. The molecule has 0 aliphatic carbocycles. The lowest BCUT2D eigenvalue weighted by Gasteiger charge is -2.17. The van der Waals surface area contributed by atoms with Gasteiger partial charge >= 0.3 is 0 Å². The smallest absolute Gasteiger partial charge is 0.254 e. The molecule has 2 aromatic carbocycles. The maximum atomic E-state index is 13.1. The number of amides is 1. The average Bonchev–Trinajstić information content (AvgIpc) is 2.45. The first-order valence-electron chi connectivity index (χ1n) is 6.03. The highest BCUT2D eigenvalue weighted by atomic mass is 79.9. The number of hydrogen-bond acceptors (Lipinski definition) is 1. The molecule has 0 aliphatic rings. The van der Waals surface area contributed by atoms with E-state index in [0.717, 1.165) is 10.0 Å². The van der Waals surface area contributed by atoms with E-state index in [0.29, 0.717) is 12.1 Å². The average molecular weight is 358 g/mol. The van der Waals surface area contributed by atoms with Crippen LogP contribution in [0.1, 0.15) is 15.9 Å². The van der Waals surface area contributed by atoms with Crippen molar-refractivity contribution in [3.63, 3.8) is 0 Å². The van der Waals surface area contributed by atoms with Crippen LogP contribution in [-0.2, 0) is 6.54 Å². The molecule has 0 spiro atoms. The van der Waals surface area contributed by atoms with E-state index in [9.17, 15) is 18.0 Å². The summed E-state index contributed by atoms with van der Waals surface area (Å²) in [5, 5.41) is 0. The van der Waals surface area contributed by atoms with Crippen molar-refractivity contribution in [1.82, 2.24) is 4.90 Å². The summed E-state index contributed by atoms with van der Waals surface area (Å²) in [5.41, 5.74) is 0.628. The van der Waals surface area contributed by atoms with Gasteiger partial charge < -0.3 is 4.90 Å². The summed E-state index contributed by atoms with van der Waals surface area (Å²) in [6.45, 7) is 0.271. The molecule has 0 atom stereocenters. The fourth-order valence-corrected chi connectivity index (χ4v) is 2.10. The Balaban J connectivity index is 2.17. The van der Waals surface area contributed by atoms with Gasteiger partial charge in [-0.1, -0.05) is 28.1 Å². The first-order valence-corrected chi connectivity index (χ1v) is 6.82. The van der Waals surface area contributed by atoms with Crippen LogP contribution < -0.4 is 0 Å². The second-order valence-corrected chi connectivity index (χ2v) is 5.46. The van der Waals surface area contributed by atoms with Crippen molar-refractivity contribution in [2.24, 2.45) is 0 Å². The number of nitrogens with zero attached hydrogens (tertiary/aromatic N) is 1. The second kappa shape index (κ2) is 6.30. The summed E-state index contributed by atoms with van der Waals surface area (Å²) >= 11 is 3.30. The molecule has 0 aromatic heterocycles. The van der Waals surface area contributed by atoms with Crippen LogP contribution in [0, 0.1) is 17.5 Å². The van der Waals surface area contributed by atoms with Gasteiger partial charge in [0.2, 0.25) is 0 Å². The molecule has 2 nitrogen and oxygen atoms in total. The van der Waals surface area contributed by atoms with Crippen LogP contribution in [0.4, 0.5) is 13.2 Å². The molecule has 0 unspecified atom stereocenters. The van der Waals surface area contributed by atoms with Crippen molar-refractivity contribution in [2.45, 2.75) is 6.54 Å². The molecule has 110 valence electrons. The molecule has 0 bridgehead atoms. The molecule has 0 heterocycles. The zero-order valence-corrected chi connectivity index (χ0v) is 12.6. The van der Waals surface area contributed by atoms with E-state index in [-0.39, 0.29) is 12.1 Å². The van der Waals surface area contributed by atoms with Crippen molar-refractivity contribution in [3.8, 4) is 0 Å². The lowest BCUT2D eigenvalue weighted by molar-refractivity contribution is 0.0784. The Morgan fingerprint density at radius 3 is 2.14 bits per heavy atom. The van der Waals surface area contributed by atoms with Gasteiger partial charge in [0.05, 0.1) is 0 Å². The quantitative estimate of drug-likeness (QED) is 0.756. The lowest BCUT2D eigenvalue weighted by Crippen LogP contribution is -2.26. The Morgan fingerprint density at radius 2 is 1.62 bits per heavy atom. The summed E-state index contributed by atoms with van der Waals surface area (Å²) in [5.74, 6) is -4.93. The summed E-state index contributed by atoms with van der Waals surface area (Å²) in [6, 6.07) is 8.67. The third-order valence-electron chi connectivity index (χ3n) is 2.91. The lowest BCUT2D eigenvalue weighted by atomic mass is 10.1. The van der Waals surface area contributed by atoms with E-state index < -0.39 is 23.4 Å². The van der Waals surface area contributed by atoms with Crippen LogP contribution in [0.15, 0.2) is 40.9 Å². The highest BCUT2D eigenvalue weighted by molar-refractivity contribution is 9.10. The Morgan fingerprint density at radius 1 is 1.10 bits per heavy atom. The van der Waals surface area contributed by atoms with Crippen LogP contribution in [0.25, 0.3) is 0 Å². The first kappa shape index (κ1) is 15.6. The van der Waals surface area contributed by atoms with Gasteiger partial charge in [-0.25, -0.2) is 13.2 Å². The third kappa shape index (κ3) is 3.64. The molecule has 21 heavy (non-hydrogen) atoms. The molecule has 6 heteroatoms. The second-order valence-electron chi connectivity index (χ2n) is 4.54. The van der Waals surface area contributed by atoms with Crippen LogP contribution in [-0.4, -0.2) is 17.9 Å². The first-order chi connectivity index (χ1) is 9.88. The maximum absolute atomic E-state index is 13.1. The molecule has 0 radical (unpaired) electrons. The Kier molecular flexibility index (Phi) is 4.67. The zero-order chi connectivity index (χ0) is 15.6. The topological polar surface area (TPSA) is 20.3 Å². The monoisotopic (exact) mass is 357 g/mol. The van der Waals surface area contributed by atoms with Gasteiger partial charge in [-0.15, -0.1) is 0 Å². The van der Waals surface area contributed by atoms with E-state index in [1.807, 2.05) is 24.3 Å². The number of carbonyl (C=O) groups excluding carboxylic acids is 1. The van der Waals surface area contributed by atoms with Crippen molar-refractivity contribution in [1.29, 1.82) is 0 Å². The Hall–Kier alpha value is -1.82. The summed E-state index contributed by atoms with van der Waals surface area (Å²) < 4.78 is 40.1. The molecule has 0 saturated carbocycles. The minimum absolute atomic E-state index is 0.231. The highest BCUT2D eigenvalue weighted by Gasteiger charge is 2.18. The summed E-state index contributed by atoms with van der Waals surface area (Å²) in [4.78, 5) is 13.4. The Bertz CT molecular complexity index is 650. The van der Waals surface area contributed by atoms with E-state index in [2.05, 4.69) is 15.9 Å². The van der Waals surface area contributed by atoms with Crippen molar-refractivity contribution in [2.75, 3.05) is 7.05 Å². The van der Waals surface area contributed by atoms with Gasteiger partial charge in [0.1, 0.15) is 0 Å². The van der Waals surface area contributed by atoms with E-state index >= 15 is 0 Å². The number of carbonyl (C=O) groups is 1. The van der Waals surface area contributed by atoms with Crippen LogP contribution in [0.5, 0.6) is 0 Å². The van der Waals surface area contributed by atoms with Crippen molar-refractivity contribution >= 4 is 21.8 Å². The standard InChI is InChI=1S/C15H11BrF3NO/c1-20(8-9-2-4-11(16)5-3-9)15(21)10-6-12(17)14(19)13(18)7-10/h2-7H,8H2,1H3. The van der Waals surface area contributed by atoms with Gasteiger partial charge in [0.25, 0.3) is 5.91 Å². The fraction of sp³-hybridized carbons (Fsp3) is 0.133. The third-order valence-corrected chi connectivity index (χ3v) is 3.44. The maximum Gasteiger partial charge on any atom is 0.254 e. The number of benzene rings is 2. The molecule has 1 amide bonds. The van der Waals surface area contributed by atoms with Crippen molar-refractivity contribution < 1.29 is 18.0 Å². The van der Waals surface area contributed by atoms with E-state index in [1.54, 1.807) is 0 Å². The zero-order valence-electron chi connectivity index (χ0n) is 11.0. The van der Waals surface area contributed by atoms with Gasteiger partial charge in [0, 0.05) is 23.6 Å². The molecule has 0 saturated heterocycles. The number of hydrogen-bond donors (Lipinski definition) is 0. The van der Waals surface area contributed by atoms with Crippen LogP contribution in [0.2, 0.25) is 0 Å². The fourth-order valence-electron chi connectivity index (χ4n) is 1.83. The minimum atomic E-state index is -1.58. The number of halogens is 4. The molecule has 2 rings (SSSR count). The number of rotatable bonds is 3. The molecule has 0 N–H and O–H groups in total. The van der Waals surface area contributed by atoms with Gasteiger partial charge in [-0.2, -0.15) is 0 Å². The summed E-state index contributed by atoms with van der Waals surface area (Å²) in [7, 11) is 1.50. The van der Waals surface area contributed by atoms with E-state index in [4.69, 9.17) is 0 Å². The van der Waals surface area contributed by atoms with E-state index in [1.165, 1.54) is 11.9 Å². The van der Waals surface area contributed by atoms with Crippen LogP contribution >= 0.6 is 15.9 Å². The molecular formula is C15H11BrF3NO. The molecular weight excluding hydrogens is 347 g/mol. The minimum Gasteiger partial charge on any atom is -0.337 e. The van der Waals surface area contributed by atoms with Gasteiger partial charge in [-0.3, -0.25) is 4.79 Å². The predicted octanol–water partition coefficient (Wildman–Crippen LogP) is 4.14. The molecule has 2 aromatic rings. The summed E-state index contributed by atoms with van der Waals surface area (Å²) in [6.07, 6.45) is 0. The van der Waals surface area contributed by atoms with Crippen LogP contribution in [0.3, 0.4) is 0 Å². The Labute approximate surface area is 128 Å². The molecule has 0 aliphatic heterocycles. The largest absolute Gasteiger partial charge is 0.337 e. The SMILES string of the molecule is CN(Cc1ccc(Br)cc1)C(=O)c1cc(F)c(F)c(F)c1.